The Morgan fingerprint density at radius 3 is 2.53 bits per heavy atom. The van der Waals surface area contributed by atoms with E-state index in [1.54, 1.807) is 6.08 Å². The van der Waals surface area contributed by atoms with Crippen molar-refractivity contribution in [3.63, 3.8) is 0 Å². The Kier molecular flexibility index (Phi) is 4.94. The number of allylic oxidation sites excluding steroid dienone is 3. The largest absolute Gasteiger partial charge is 0.481 e. The van der Waals surface area contributed by atoms with Gasteiger partial charge >= 0.3 is 5.97 Å². The molecule has 1 saturated carbocycles. The van der Waals surface area contributed by atoms with E-state index in [1.165, 1.54) is 0 Å². The second-order valence-electron chi connectivity index (χ2n) is 4.25. The lowest BCUT2D eigenvalue weighted by Crippen LogP contribution is -2.47. The number of aliphatic carboxylic acids is 1. The molecule has 17 heavy (non-hydrogen) atoms. The summed E-state index contributed by atoms with van der Waals surface area (Å²) in [4.78, 5) is 22.4. The van der Waals surface area contributed by atoms with Crippen molar-refractivity contribution in [3.05, 3.63) is 23.8 Å². The van der Waals surface area contributed by atoms with Crippen molar-refractivity contribution in [2.45, 2.75) is 39.2 Å². The summed E-state index contributed by atoms with van der Waals surface area (Å²) in [5, 5.41) is 11.6. The molecule has 1 aliphatic carbocycles. The number of carboxylic acid groups (broad SMARTS) is 1. The van der Waals surface area contributed by atoms with Crippen molar-refractivity contribution in [3.8, 4) is 0 Å². The lowest BCUT2D eigenvalue weighted by atomic mass is 9.80. The Labute approximate surface area is 101 Å². The van der Waals surface area contributed by atoms with Gasteiger partial charge in [0.2, 0.25) is 5.91 Å². The zero-order valence-corrected chi connectivity index (χ0v) is 10.3. The van der Waals surface area contributed by atoms with Crippen LogP contribution in [0.5, 0.6) is 0 Å². The quantitative estimate of drug-likeness (QED) is 0.566. The minimum atomic E-state index is -0.768. The van der Waals surface area contributed by atoms with Crippen molar-refractivity contribution in [2.24, 2.45) is 5.92 Å². The number of amides is 1. The maximum atomic E-state index is 11.8. The molecule has 0 heterocycles. The molecule has 1 amide bonds. The highest BCUT2D eigenvalue weighted by molar-refractivity contribution is 5.94. The molecule has 0 unspecified atom stereocenters. The van der Waals surface area contributed by atoms with E-state index in [9.17, 15) is 9.59 Å². The monoisotopic (exact) mass is 237 g/mol. The molecule has 0 atom stereocenters. The van der Waals surface area contributed by atoms with Crippen LogP contribution in [0.25, 0.3) is 0 Å². The van der Waals surface area contributed by atoms with E-state index < -0.39 is 5.97 Å². The molecule has 0 saturated heterocycles. The molecular weight excluding hydrogens is 218 g/mol. The molecule has 4 nitrogen and oxygen atoms in total. The minimum Gasteiger partial charge on any atom is -0.481 e. The van der Waals surface area contributed by atoms with E-state index in [4.69, 9.17) is 5.11 Å². The minimum absolute atomic E-state index is 0.0177. The van der Waals surface area contributed by atoms with Crippen molar-refractivity contribution in [1.82, 2.24) is 5.32 Å². The van der Waals surface area contributed by atoms with Crippen LogP contribution < -0.4 is 5.32 Å². The fourth-order valence-electron chi connectivity index (χ4n) is 1.78. The topological polar surface area (TPSA) is 66.4 Å². The Morgan fingerprint density at radius 1 is 1.41 bits per heavy atom. The zero-order chi connectivity index (χ0) is 12.8. The summed E-state index contributed by atoms with van der Waals surface area (Å²) in [6.07, 6.45) is 7.25. The van der Waals surface area contributed by atoms with E-state index in [0.717, 1.165) is 5.57 Å². The molecule has 94 valence electrons. The number of carbonyl (C=O) groups is 2. The van der Waals surface area contributed by atoms with Crippen LogP contribution in [0, 0.1) is 5.92 Å². The molecule has 0 aliphatic heterocycles. The first-order valence-electron chi connectivity index (χ1n) is 5.94. The molecule has 1 fully saturated rings. The van der Waals surface area contributed by atoms with Crippen LogP contribution in [-0.4, -0.2) is 23.0 Å². The first-order chi connectivity index (χ1) is 8.08. The number of hydrogen-bond donors (Lipinski definition) is 2. The van der Waals surface area contributed by atoms with Crippen LogP contribution in [0.15, 0.2) is 23.8 Å². The Balaban J connectivity index is 2.42. The number of nitrogens with one attached hydrogen (secondary N) is 1. The van der Waals surface area contributed by atoms with E-state index >= 15 is 0 Å². The molecule has 0 radical (unpaired) electrons. The third-order valence-corrected chi connectivity index (χ3v) is 2.98. The summed E-state index contributed by atoms with van der Waals surface area (Å²) in [5.74, 6) is -1.14. The first kappa shape index (κ1) is 13.5. The molecule has 2 N–H and O–H groups in total. The van der Waals surface area contributed by atoms with Gasteiger partial charge < -0.3 is 10.4 Å². The van der Waals surface area contributed by atoms with Gasteiger partial charge in [0.05, 0.1) is 5.92 Å². The smallest absolute Gasteiger partial charge is 0.306 e. The van der Waals surface area contributed by atoms with Gasteiger partial charge in [0.1, 0.15) is 0 Å². The SMILES string of the molecule is C/C=C\C=C(/CC)C(=O)NC1CC(C(=O)O)C1. The van der Waals surface area contributed by atoms with Crippen LogP contribution in [0.3, 0.4) is 0 Å². The summed E-state index contributed by atoms with van der Waals surface area (Å²) >= 11 is 0. The van der Waals surface area contributed by atoms with Crippen LogP contribution in [0.1, 0.15) is 33.1 Å². The summed E-state index contributed by atoms with van der Waals surface area (Å²) in [6.45, 7) is 3.82. The number of carboxylic acids is 1. The molecule has 0 aromatic heterocycles. The summed E-state index contributed by atoms with van der Waals surface area (Å²) in [7, 11) is 0. The van der Waals surface area contributed by atoms with Gasteiger partial charge in [-0.25, -0.2) is 0 Å². The molecule has 4 heteroatoms. The Bertz CT molecular complexity index is 352. The van der Waals surface area contributed by atoms with Gasteiger partial charge in [-0.2, -0.15) is 0 Å². The van der Waals surface area contributed by atoms with Crippen LogP contribution >= 0.6 is 0 Å². The number of rotatable bonds is 5. The molecular formula is C13H19NO3. The highest BCUT2D eigenvalue weighted by Gasteiger charge is 2.35. The fraction of sp³-hybridized carbons (Fsp3) is 0.538. The predicted octanol–water partition coefficient (Wildman–Crippen LogP) is 1.88. The normalized spacial score (nSPS) is 24.5. The van der Waals surface area contributed by atoms with Gasteiger partial charge in [-0.3, -0.25) is 9.59 Å². The van der Waals surface area contributed by atoms with Crippen LogP contribution in [0.4, 0.5) is 0 Å². The average Bonchev–Trinajstić information content (AvgIpc) is 2.23. The molecule has 0 aromatic carbocycles. The lowest BCUT2D eigenvalue weighted by Gasteiger charge is -2.33. The van der Waals surface area contributed by atoms with Gasteiger partial charge in [-0.15, -0.1) is 0 Å². The second kappa shape index (κ2) is 6.23. The average molecular weight is 237 g/mol. The molecule has 1 rings (SSSR count). The second-order valence-corrected chi connectivity index (χ2v) is 4.25. The lowest BCUT2D eigenvalue weighted by molar-refractivity contribution is -0.146. The molecule has 0 spiro atoms. The van der Waals surface area contributed by atoms with Crippen molar-refractivity contribution < 1.29 is 14.7 Å². The Hall–Kier alpha value is -1.58. The summed E-state index contributed by atoms with van der Waals surface area (Å²) in [6, 6.07) is 0.0177. The Morgan fingerprint density at radius 2 is 2.06 bits per heavy atom. The van der Waals surface area contributed by atoms with E-state index in [0.29, 0.717) is 19.3 Å². The van der Waals surface area contributed by atoms with Crippen LogP contribution in [-0.2, 0) is 9.59 Å². The van der Waals surface area contributed by atoms with E-state index in [2.05, 4.69) is 5.32 Å². The highest BCUT2D eigenvalue weighted by Crippen LogP contribution is 2.27. The van der Waals surface area contributed by atoms with Crippen molar-refractivity contribution >= 4 is 11.9 Å². The van der Waals surface area contributed by atoms with E-state index in [-0.39, 0.29) is 17.9 Å². The van der Waals surface area contributed by atoms with Gasteiger partial charge in [-0.05, 0) is 26.2 Å². The number of carbonyl (C=O) groups excluding carboxylic acids is 1. The zero-order valence-electron chi connectivity index (χ0n) is 10.3. The summed E-state index contributed by atoms with van der Waals surface area (Å²) < 4.78 is 0. The third kappa shape index (κ3) is 3.73. The first-order valence-corrected chi connectivity index (χ1v) is 5.94. The van der Waals surface area contributed by atoms with Crippen molar-refractivity contribution in [1.29, 1.82) is 0 Å². The van der Waals surface area contributed by atoms with Gasteiger partial charge in [0.25, 0.3) is 0 Å². The molecule has 0 aromatic rings. The van der Waals surface area contributed by atoms with Gasteiger partial charge in [-0.1, -0.05) is 25.2 Å². The maximum Gasteiger partial charge on any atom is 0.306 e. The predicted molar refractivity (Wildman–Crippen MR) is 65.5 cm³/mol. The standard InChI is InChI=1S/C13H19NO3/c1-3-5-6-9(4-2)12(15)14-11-7-10(8-11)13(16)17/h3,5-6,10-11H,4,7-8H2,1-2H3,(H,14,15)(H,16,17)/b5-3-,9-6+. The van der Waals surface area contributed by atoms with Gasteiger partial charge in [0.15, 0.2) is 0 Å². The summed E-state index contributed by atoms with van der Waals surface area (Å²) in [5.41, 5.74) is 0.724. The molecule has 1 aliphatic rings. The molecule has 0 bridgehead atoms. The number of hydrogen-bond acceptors (Lipinski definition) is 2. The van der Waals surface area contributed by atoms with Crippen molar-refractivity contribution in [2.75, 3.05) is 0 Å². The van der Waals surface area contributed by atoms with Crippen LogP contribution in [0.2, 0.25) is 0 Å². The van der Waals surface area contributed by atoms with E-state index in [1.807, 2.05) is 26.0 Å². The fourth-order valence-corrected chi connectivity index (χ4v) is 1.78. The highest BCUT2D eigenvalue weighted by atomic mass is 16.4. The maximum absolute atomic E-state index is 11.8. The third-order valence-electron chi connectivity index (χ3n) is 2.98. The van der Waals surface area contributed by atoms with Gasteiger partial charge in [0, 0.05) is 11.6 Å².